The molecule has 0 atom stereocenters. The second kappa shape index (κ2) is 3.52. The molecule has 0 amide bonds. The first kappa shape index (κ1) is 9.73. The highest BCUT2D eigenvalue weighted by Gasteiger charge is 2.08. The molecular weight excluding hydrogens is 244 g/mol. The third-order valence-corrected chi connectivity index (χ3v) is 4.04. The van der Waals surface area contributed by atoms with Crippen LogP contribution in [-0.2, 0) is 0 Å². The molecule has 0 bridgehead atoms. The SMILES string of the molecule is NNc1nc2cc3sc(NN)nc3cc2s1. The smallest absolute Gasteiger partial charge is 0.198 e. The number of nitrogens with zero attached hydrogens (tertiary/aromatic N) is 2. The van der Waals surface area contributed by atoms with Crippen LogP contribution in [0.5, 0.6) is 0 Å². The summed E-state index contributed by atoms with van der Waals surface area (Å²) >= 11 is 2.99. The summed E-state index contributed by atoms with van der Waals surface area (Å²) in [6.07, 6.45) is 0. The van der Waals surface area contributed by atoms with Gasteiger partial charge in [-0.1, -0.05) is 22.7 Å². The van der Waals surface area contributed by atoms with E-state index in [1.54, 1.807) is 0 Å². The number of thiazole rings is 2. The summed E-state index contributed by atoms with van der Waals surface area (Å²) in [5.41, 5.74) is 6.92. The Morgan fingerprint density at radius 1 is 0.875 bits per heavy atom. The van der Waals surface area contributed by atoms with Crippen LogP contribution in [-0.4, -0.2) is 9.97 Å². The molecule has 0 radical (unpaired) electrons. The second-order valence-corrected chi connectivity index (χ2v) is 5.18. The molecule has 0 saturated heterocycles. The van der Waals surface area contributed by atoms with Crippen molar-refractivity contribution in [2.75, 3.05) is 10.9 Å². The predicted molar refractivity (Wildman–Crippen MR) is 68.4 cm³/mol. The van der Waals surface area contributed by atoms with Crippen LogP contribution in [0.15, 0.2) is 12.1 Å². The molecule has 0 saturated carbocycles. The van der Waals surface area contributed by atoms with Gasteiger partial charge in [-0.3, -0.25) is 10.9 Å². The van der Waals surface area contributed by atoms with Crippen molar-refractivity contribution in [2.24, 2.45) is 11.7 Å². The Bertz CT molecular complexity index is 552. The minimum atomic E-state index is 0.699. The molecule has 6 nitrogen and oxygen atoms in total. The van der Waals surface area contributed by atoms with E-state index in [1.807, 2.05) is 12.1 Å². The zero-order valence-corrected chi connectivity index (χ0v) is 9.65. The summed E-state index contributed by atoms with van der Waals surface area (Å²) in [5, 5.41) is 1.40. The van der Waals surface area contributed by atoms with Crippen LogP contribution in [0.4, 0.5) is 10.3 Å². The van der Waals surface area contributed by atoms with Crippen LogP contribution in [0.1, 0.15) is 0 Å². The highest BCUT2D eigenvalue weighted by molar-refractivity contribution is 7.23. The van der Waals surface area contributed by atoms with E-state index in [2.05, 4.69) is 20.8 Å². The van der Waals surface area contributed by atoms with Gasteiger partial charge in [0, 0.05) is 0 Å². The molecule has 0 aliphatic rings. The van der Waals surface area contributed by atoms with Gasteiger partial charge >= 0.3 is 0 Å². The van der Waals surface area contributed by atoms with Gasteiger partial charge in [0.25, 0.3) is 0 Å². The topological polar surface area (TPSA) is 102 Å². The van der Waals surface area contributed by atoms with Crippen molar-refractivity contribution in [3.63, 3.8) is 0 Å². The van der Waals surface area contributed by atoms with Crippen molar-refractivity contribution in [2.45, 2.75) is 0 Å². The predicted octanol–water partition coefficient (Wildman–Crippen LogP) is 1.48. The Kier molecular flexibility index (Phi) is 2.14. The molecule has 0 fully saturated rings. The molecule has 16 heavy (non-hydrogen) atoms. The van der Waals surface area contributed by atoms with Crippen molar-refractivity contribution < 1.29 is 0 Å². The number of benzene rings is 1. The van der Waals surface area contributed by atoms with Crippen LogP contribution >= 0.6 is 22.7 Å². The Labute approximate surface area is 98.2 Å². The van der Waals surface area contributed by atoms with Crippen molar-refractivity contribution in [1.29, 1.82) is 0 Å². The third kappa shape index (κ3) is 1.39. The lowest BCUT2D eigenvalue weighted by molar-refractivity contribution is 1.31. The standard InChI is InChI=1S/C8H8N6S2/c9-13-7-11-3-1-5-4(2-6(3)16-7)12-8(14-10)15-5/h1-2H,9-10H2,(H,11,13)(H,12,14). The number of anilines is 2. The van der Waals surface area contributed by atoms with Gasteiger partial charge in [-0.05, 0) is 12.1 Å². The summed E-state index contributed by atoms with van der Waals surface area (Å²) < 4.78 is 2.10. The van der Waals surface area contributed by atoms with Gasteiger partial charge in [0.15, 0.2) is 10.3 Å². The zero-order chi connectivity index (χ0) is 11.1. The van der Waals surface area contributed by atoms with Crippen molar-refractivity contribution in [3.8, 4) is 0 Å². The molecule has 3 rings (SSSR count). The molecule has 0 aliphatic heterocycles. The molecule has 0 spiro atoms. The molecule has 1 aromatic carbocycles. The monoisotopic (exact) mass is 252 g/mol. The summed E-state index contributed by atoms with van der Waals surface area (Å²) in [5.74, 6) is 10.6. The van der Waals surface area contributed by atoms with Gasteiger partial charge in [-0.15, -0.1) is 0 Å². The zero-order valence-electron chi connectivity index (χ0n) is 8.02. The molecule has 2 aromatic heterocycles. The van der Waals surface area contributed by atoms with Crippen molar-refractivity contribution in [3.05, 3.63) is 12.1 Å². The maximum Gasteiger partial charge on any atom is 0.198 e. The lowest BCUT2D eigenvalue weighted by atomic mass is 10.3. The van der Waals surface area contributed by atoms with Gasteiger partial charge in [-0.25, -0.2) is 21.7 Å². The largest absolute Gasteiger partial charge is 0.300 e. The number of fused-ring (bicyclic) bond motifs is 2. The summed E-state index contributed by atoms with van der Waals surface area (Å²) in [7, 11) is 0. The lowest BCUT2D eigenvalue weighted by Crippen LogP contribution is -2.05. The first-order chi connectivity index (χ1) is 7.80. The molecule has 0 aliphatic carbocycles. The Balaban J connectivity index is 2.28. The van der Waals surface area contributed by atoms with E-state index in [0.717, 1.165) is 20.4 Å². The van der Waals surface area contributed by atoms with E-state index < -0.39 is 0 Å². The average molecular weight is 252 g/mol. The maximum absolute atomic E-state index is 5.32. The van der Waals surface area contributed by atoms with Crippen LogP contribution in [0, 0.1) is 0 Å². The third-order valence-electron chi connectivity index (χ3n) is 2.14. The summed E-state index contributed by atoms with van der Waals surface area (Å²) in [6.45, 7) is 0. The number of nitrogens with two attached hydrogens (primary N) is 2. The Morgan fingerprint density at radius 2 is 1.31 bits per heavy atom. The fourth-order valence-electron chi connectivity index (χ4n) is 1.47. The van der Waals surface area contributed by atoms with E-state index >= 15 is 0 Å². The maximum atomic E-state index is 5.32. The fraction of sp³-hybridized carbons (Fsp3) is 0. The van der Waals surface area contributed by atoms with Crippen molar-refractivity contribution in [1.82, 2.24) is 9.97 Å². The van der Waals surface area contributed by atoms with Gasteiger partial charge < -0.3 is 0 Å². The molecule has 8 heteroatoms. The van der Waals surface area contributed by atoms with E-state index in [-0.39, 0.29) is 0 Å². The van der Waals surface area contributed by atoms with Gasteiger partial charge in [0.1, 0.15) is 0 Å². The quantitative estimate of drug-likeness (QED) is 0.407. The van der Waals surface area contributed by atoms with Crippen LogP contribution in [0.2, 0.25) is 0 Å². The number of hydrogen-bond acceptors (Lipinski definition) is 8. The normalized spacial score (nSPS) is 11.1. The van der Waals surface area contributed by atoms with Crippen molar-refractivity contribution >= 4 is 53.4 Å². The van der Waals surface area contributed by atoms with Crippen LogP contribution in [0.3, 0.4) is 0 Å². The molecule has 2 heterocycles. The second-order valence-electron chi connectivity index (χ2n) is 3.11. The van der Waals surface area contributed by atoms with E-state index in [9.17, 15) is 0 Å². The summed E-state index contributed by atoms with van der Waals surface area (Å²) in [6, 6.07) is 3.97. The van der Waals surface area contributed by atoms with E-state index in [4.69, 9.17) is 11.7 Å². The molecule has 0 unspecified atom stereocenters. The number of hydrazine groups is 2. The van der Waals surface area contributed by atoms with E-state index in [1.165, 1.54) is 22.7 Å². The minimum absolute atomic E-state index is 0.699. The number of nitrogen functional groups attached to an aromatic ring is 2. The van der Waals surface area contributed by atoms with E-state index in [0.29, 0.717) is 10.3 Å². The van der Waals surface area contributed by atoms with Crippen LogP contribution in [0.25, 0.3) is 20.4 Å². The Hall–Kier alpha value is -1.48. The van der Waals surface area contributed by atoms with Gasteiger partial charge in [0.2, 0.25) is 0 Å². The van der Waals surface area contributed by atoms with Crippen LogP contribution < -0.4 is 22.5 Å². The molecular formula is C8H8N6S2. The highest BCUT2D eigenvalue weighted by atomic mass is 32.1. The lowest BCUT2D eigenvalue weighted by Gasteiger charge is -1.86. The van der Waals surface area contributed by atoms with Gasteiger partial charge in [0.05, 0.1) is 20.4 Å². The number of aromatic nitrogens is 2. The Morgan fingerprint density at radius 3 is 1.69 bits per heavy atom. The number of hydrogen-bond donors (Lipinski definition) is 4. The minimum Gasteiger partial charge on any atom is -0.300 e. The fourth-order valence-corrected chi connectivity index (χ4v) is 3.05. The first-order valence-electron chi connectivity index (χ1n) is 4.44. The number of nitrogens with one attached hydrogen (secondary N) is 2. The first-order valence-corrected chi connectivity index (χ1v) is 6.08. The van der Waals surface area contributed by atoms with Gasteiger partial charge in [-0.2, -0.15) is 0 Å². The average Bonchev–Trinajstić information content (AvgIpc) is 2.86. The molecule has 6 N–H and O–H groups in total. The summed E-state index contributed by atoms with van der Waals surface area (Å²) in [4.78, 5) is 8.65. The number of rotatable bonds is 2. The molecule has 82 valence electrons. The molecule has 3 aromatic rings. The highest BCUT2D eigenvalue weighted by Crippen LogP contribution is 2.33.